The van der Waals surface area contributed by atoms with Crippen molar-refractivity contribution in [1.29, 1.82) is 0 Å². The Bertz CT molecular complexity index is 1150. The number of unbranched alkanes of at least 4 members (excludes halogenated alkanes) is 1. The van der Waals surface area contributed by atoms with E-state index in [9.17, 15) is 19.5 Å². The molecular formula is C24H24N2O5. The molecule has 1 amide bonds. The van der Waals surface area contributed by atoms with Crippen molar-refractivity contribution in [2.75, 3.05) is 12.4 Å². The molecule has 0 aliphatic heterocycles. The maximum Gasteiger partial charge on any atom is 0.255 e. The van der Waals surface area contributed by atoms with Crippen LogP contribution in [-0.4, -0.2) is 28.5 Å². The number of aryl methyl sites for hydroxylation is 1. The lowest BCUT2D eigenvalue weighted by Gasteiger charge is -2.15. The molecule has 7 nitrogen and oxygen atoms in total. The van der Waals surface area contributed by atoms with Gasteiger partial charge >= 0.3 is 0 Å². The molecule has 3 aromatic rings. The summed E-state index contributed by atoms with van der Waals surface area (Å²) in [7, 11) is 1.40. The number of nitrogens with one attached hydrogen (secondary N) is 1. The van der Waals surface area contributed by atoms with E-state index in [1.807, 2.05) is 6.92 Å². The summed E-state index contributed by atoms with van der Waals surface area (Å²) < 4.78 is 6.73. The van der Waals surface area contributed by atoms with Crippen molar-refractivity contribution < 1.29 is 19.4 Å². The number of phenolic OH excluding ortho intramolecular Hbond substituents is 1. The zero-order valence-corrected chi connectivity index (χ0v) is 17.4. The average Bonchev–Trinajstić information content (AvgIpc) is 2.79. The van der Waals surface area contributed by atoms with E-state index < -0.39 is 17.4 Å². The van der Waals surface area contributed by atoms with Gasteiger partial charge < -0.3 is 19.7 Å². The molecule has 0 unspecified atom stereocenters. The van der Waals surface area contributed by atoms with Gasteiger partial charge in [0.05, 0.1) is 12.7 Å². The predicted octanol–water partition coefficient (Wildman–Crippen LogP) is 3.85. The number of nitrogens with zero attached hydrogens (tertiary/aromatic N) is 1. The number of amides is 1. The summed E-state index contributed by atoms with van der Waals surface area (Å²) in [4.78, 5) is 37.7. The molecule has 0 fully saturated rings. The van der Waals surface area contributed by atoms with Crippen LogP contribution in [0.25, 0.3) is 0 Å². The molecule has 31 heavy (non-hydrogen) atoms. The van der Waals surface area contributed by atoms with E-state index in [1.54, 1.807) is 30.3 Å². The highest BCUT2D eigenvalue weighted by atomic mass is 16.5. The lowest BCUT2D eigenvalue weighted by molar-refractivity contribution is 0.101. The van der Waals surface area contributed by atoms with Gasteiger partial charge in [-0.05, 0) is 36.8 Å². The standard InChI is InChI=1S/C24H24N2O5/c1-3-4-14-26-15-17(10-13-20(26)27)22(28)18-11-12-19(31-2)21(23(18)29)25-24(30)16-8-6-5-7-9-16/h5-13,15,29H,3-4,14H2,1-2H3,(H,25,30). The molecule has 0 spiro atoms. The summed E-state index contributed by atoms with van der Waals surface area (Å²) in [6.45, 7) is 2.52. The van der Waals surface area contributed by atoms with E-state index in [0.29, 0.717) is 12.1 Å². The normalized spacial score (nSPS) is 10.5. The molecule has 0 bridgehead atoms. The van der Waals surface area contributed by atoms with E-state index in [1.165, 1.54) is 42.1 Å². The van der Waals surface area contributed by atoms with Gasteiger partial charge in [-0.15, -0.1) is 0 Å². The minimum Gasteiger partial charge on any atom is -0.505 e. The van der Waals surface area contributed by atoms with Crippen molar-refractivity contribution in [3.63, 3.8) is 0 Å². The summed E-state index contributed by atoms with van der Waals surface area (Å²) in [5.41, 5.74) is 0.450. The van der Waals surface area contributed by atoms with Crippen LogP contribution < -0.4 is 15.6 Å². The highest BCUT2D eigenvalue weighted by Crippen LogP contribution is 2.38. The molecule has 2 N–H and O–H groups in total. The summed E-state index contributed by atoms with van der Waals surface area (Å²) in [6, 6.07) is 14.2. The summed E-state index contributed by atoms with van der Waals surface area (Å²) >= 11 is 0. The lowest BCUT2D eigenvalue weighted by atomic mass is 10.0. The number of methoxy groups -OCH3 is 1. The predicted molar refractivity (Wildman–Crippen MR) is 118 cm³/mol. The van der Waals surface area contributed by atoms with Gasteiger partial charge in [0, 0.05) is 29.9 Å². The van der Waals surface area contributed by atoms with E-state index in [4.69, 9.17) is 4.74 Å². The van der Waals surface area contributed by atoms with Crippen molar-refractivity contribution in [3.8, 4) is 11.5 Å². The Kier molecular flexibility index (Phi) is 6.87. The van der Waals surface area contributed by atoms with Crippen LogP contribution in [0, 0.1) is 0 Å². The first-order valence-electron chi connectivity index (χ1n) is 9.97. The Balaban J connectivity index is 1.97. The molecule has 0 saturated carbocycles. The van der Waals surface area contributed by atoms with Gasteiger partial charge in [-0.25, -0.2) is 0 Å². The number of carbonyl (C=O) groups is 2. The third kappa shape index (κ3) is 4.83. The van der Waals surface area contributed by atoms with Gasteiger partial charge in [0.2, 0.25) is 0 Å². The Morgan fingerprint density at radius 2 is 1.77 bits per heavy atom. The van der Waals surface area contributed by atoms with Gasteiger partial charge in [-0.2, -0.15) is 0 Å². The van der Waals surface area contributed by atoms with Crippen LogP contribution in [-0.2, 0) is 6.54 Å². The zero-order chi connectivity index (χ0) is 22.4. The molecule has 3 rings (SSSR count). The number of ketones is 1. The maximum atomic E-state index is 13.1. The van der Waals surface area contributed by atoms with Crippen molar-refractivity contribution >= 4 is 17.4 Å². The molecule has 1 heterocycles. The number of anilines is 1. The monoisotopic (exact) mass is 420 g/mol. The number of phenols is 1. The Labute approximate surface area is 179 Å². The van der Waals surface area contributed by atoms with Gasteiger partial charge in [0.1, 0.15) is 11.4 Å². The average molecular weight is 420 g/mol. The van der Waals surface area contributed by atoms with Gasteiger partial charge in [0.15, 0.2) is 11.5 Å². The van der Waals surface area contributed by atoms with Crippen molar-refractivity contribution in [1.82, 2.24) is 4.57 Å². The van der Waals surface area contributed by atoms with Crippen LogP contribution in [0.1, 0.15) is 46.0 Å². The highest BCUT2D eigenvalue weighted by molar-refractivity contribution is 6.13. The van der Waals surface area contributed by atoms with Crippen LogP contribution in [0.3, 0.4) is 0 Å². The smallest absolute Gasteiger partial charge is 0.255 e. The number of aromatic hydroxyl groups is 1. The van der Waals surface area contributed by atoms with Crippen LogP contribution >= 0.6 is 0 Å². The van der Waals surface area contributed by atoms with Crippen LogP contribution in [0.2, 0.25) is 0 Å². The first kappa shape index (κ1) is 21.8. The Morgan fingerprint density at radius 1 is 1.03 bits per heavy atom. The molecule has 7 heteroatoms. The van der Waals surface area contributed by atoms with Gasteiger partial charge in [0.25, 0.3) is 11.5 Å². The molecule has 0 radical (unpaired) electrons. The number of hydrogen-bond donors (Lipinski definition) is 2. The van der Waals surface area contributed by atoms with Crippen molar-refractivity contribution in [2.45, 2.75) is 26.3 Å². The largest absolute Gasteiger partial charge is 0.505 e. The number of hydrogen-bond acceptors (Lipinski definition) is 5. The summed E-state index contributed by atoms with van der Waals surface area (Å²) in [6.07, 6.45) is 3.21. The SMILES string of the molecule is CCCCn1cc(C(=O)c2ccc(OC)c(NC(=O)c3ccccc3)c2O)ccc1=O. The fourth-order valence-corrected chi connectivity index (χ4v) is 3.15. The van der Waals surface area contributed by atoms with Crippen LogP contribution in [0.15, 0.2) is 65.6 Å². The topological polar surface area (TPSA) is 97.6 Å². The number of aromatic nitrogens is 1. The third-order valence-corrected chi connectivity index (χ3v) is 4.88. The minimum absolute atomic E-state index is 0.00140. The molecule has 0 aliphatic rings. The second kappa shape index (κ2) is 9.75. The molecular weight excluding hydrogens is 396 g/mol. The molecule has 2 aromatic carbocycles. The Morgan fingerprint density at radius 3 is 2.45 bits per heavy atom. The van der Waals surface area contributed by atoms with E-state index in [-0.39, 0.29) is 28.1 Å². The summed E-state index contributed by atoms with van der Waals surface area (Å²) in [5.74, 6) is -1.11. The molecule has 0 atom stereocenters. The number of carbonyl (C=O) groups excluding carboxylic acids is 2. The molecule has 160 valence electrons. The number of ether oxygens (including phenoxy) is 1. The van der Waals surface area contributed by atoms with Gasteiger partial charge in [-0.1, -0.05) is 31.5 Å². The van der Waals surface area contributed by atoms with E-state index in [2.05, 4.69) is 5.32 Å². The lowest BCUT2D eigenvalue weighted by Crippen LogP contribution is -2.20. The number of benzene rings is 2. The minimum atomic E-state index is -0.472. The summed E-state index contributed by atoms with van der Waals surface area (Å²) in [5, 5.41) is 13.4. The maximum absolute atomic E-state index is 13.1. The highest BCUT2D eigenvalue weighted by Gasteiger charge is 2.22. The first-order chi connectivity index (χ1) is 15.0. The van der Waals surface area contributed by atoms with Gasteiger partial charge in [-0.3, -0.25) is 14.4 Å². The number of rotatable bonds is 8. The van der Waals surface area contributed by atoms with E-state index >= 15 is 0 Å². The van der Waals surface area contributed by atoms with Crippen LogP contribution in [0.4, 0.5) is 5.69 Å². The zero-order valence-electron chi connectivity index (χ0n) is 17.4. The molecule has 0 aliphatic carbocycles. The second-order valence-corrected chi connectivity index (χ2v) is 6.99. The van der Waals surface area contributed by atoms with Crippen molar-refractivity contribution in [3.05, 3.63) is 87.8 Å². The van der Waals surface area contributed by atoms with E-state index in [0.717, 1.165) is 12.8 Å². The molecule has 1 aromatic heterocycles. The first-order valence-corrected chi connectivity index (χ1v) is 9.97. The fraction of sp³-hybridized carbons (Fsp3) is 0.208. The van der Waals surface area contributed by atoms with Crippen LogP contribution in [0.5, 0.6) is 11.5 Å². The number of pyridine rings is 1. The quantitative estimate of drug-likeness (QED) is 0.426. The molecule has 0 saturated heterocycles. The Hall–Kier alpha value is -3.87. The van der Waals surface area contributed by atoms with Crippen molar-refractivity contribution in [2.24, 2.45) is 0 Å². The fourth-order valence-electron chi connectivity index (χ4n) is 3.15. The third-order valence-electron chi connectivity index (χ3n) is 4.88. The second-order valence-electron chi connectivity index (χ2n) is 6.99.